The zero-order valence-corrected chi connectivity index (χ0v) is 8.48. The Balaban J connectivity index is 0. The summed E-state index contributed by atoms with van der Waals surface area (Å²) in [6, 6.07) is 0. The minimum Gasteiger partial charge on any atom is -0.478 e. The summed E-state index contributed by atoms with van der Waals surface area (Å²) in [4.78, 5) is 29.3. The molecule has 0 bridgehead atoms. The van der Waals surface area contributed by atoms with E-state index in [1.54, 1.807) is 12.2 Å². The average molecular weight is 198 g/mol. The molecule has 0 aliphatic heterocycles. The Hall–Kier alpha value is -1.71. The first-order valence-electron chi connectivity index (χ1n) is 3.95. The van der Waals surface area contributed by atoms with Gasteiger partial charge in [0, 0.05) is 19.9 Å². The number of aliphatic carboxylic acids is 1. The standard InChI is InChI=1S/C6H8O2.C4H6O2/c1-2-3-4-5-6(7)8;1-3(5)4(2)6/h2-5H,1H3,(H,7,8);1-2H3/b3-2+,5-4+;. The van der Waals surface area contributed by atoms with E-state index in [1.807, 2.05) is 6.92 Å². The van der Waals surface area contributed by atoms with Crippen molar-refractivity contribution in [3.8, 4) is 0 Å². The zero-order chi connectivity index (χ0) is 11.6. The predicted octanol–water partition coefficient (Wildman–Crippen LogP) is 1.37. The van der Waals surface area contributed by atoms with Gasteiger partial charge in [-0.2, -0.15) is 0 Å². The van der Waals surface area contributed by atoms with E-state index in [0.717, 1.165) is 6.08 Å². The van der Waals surface area contributed by atoms with Crippen molar-refractivity contribution in [2.24, 2.45) is 0 Å². The molecule has 0 rings (SSSR count). The van der Waals surface area contributed by atoms with Gasteiger partial charge in [0.1, 0.15) is 0 Å². The maximum Gasteiger partial charge on any atom is 0.328 e. The molecule has 0 aromatic carbocycles. The monoisotopic (exact) mass is 198 g/mol. The third kappa shape index (κ3) is 16.7. The topological polar surface area (TPSA) is 71.4 Å². The molecule has 14 heavy (non-hydrogen) atoms. The fourth-order valence-corrected chi connectivity index (χ4v) is 0.249. The van der Waals surface area contributed by atoms with E-state index in [2.05, 4.69) is 0 Å². The van der Waals surface area contributed by atoms with Gasteiger partial charge < -0.3 is 5.11 Å². The maximum absolute atomic E-state index is 9.79. The number of rotatable bonds is 3. The van der Waals surface area contributed by atoms with Crippen LogP contribution in [0.1, 0.15) is 20.8 Å². The summed E-state index contributed by atoms with van der Waals surface area (Å²) in [5.74, 6) is -1.67. The van der Waals surface area contributed by atoms with Crippen molar-refractivity contribution >= 4 is 17.5 Å². The van der Waals surface area contributed by atoms with Crippen LogP contribution in [0.3, 0.4) is 0 Å². The number of carboxylic acids is 1. The highest BCUT2D eigenvalue weighted by molar-refractivity contribution is 6.35. The Kier molecular flexibility index (Phi) is 9.91. The number of carbonyl (C=O) groups excluding carboxylic acids is 2. The van der Waals surface area contributed by atoms with Gasteiger partial charge in [-0.05, 0) is 6.92 Å². The molecule has 4 heteroatoms. The molecule has 0 atom stereocenters. The minimum atomic E-state index is -0.914. The van der Waals surface area contributed by atoms with E-state index >= 15 is 0 Å². The smallest absolute Gasteiger partial charge is 0.328 e. The number of carbonyl (C=O) groups is 3. The molecule has 0 aromatic heterocycles. The molecular weight excluding hydrogens is 184 g/mol. The lowest BCUT2D eigenvalue weighted by Crippen LogP contribution is -2.01. The molecule has 0 unspecified atom stereocenters. The molecular formula is C10H14O4. The fraction of sp³-hybridized carbons (Fsp3) is 0.300. The molecule has 4 nitrogen and oxygen atoms in total. The summed E-state index contributed by atoms with van der Waals surface area (Å²) in [6.45, 7) is 4.33. The quantitative estimate of drug-likeness (QED) is 0.422. The van der Waals surface area contributed by atoms with Crippen LogP contribution < -0.4 is 0 Å². The SMILES string of the molecule is C/C=C/C=C/C(=O)O.CC(=O)C(C)=O. The fourth-order valence-electron chi connectivity index (χ4n) is 0.249. The van der Waals surface area contributed by atoms with E-state index < -0.39 is 5.97 Å². The predicted molar refractivity (Wildman–Crippen MR) is 53.0 cm³/mol. The molecule has 0 aromatic rings. The van der Waals surface area contributed by atoms with Crippen molar-refractivity contribution in [1.82, 2.24) is 0 Å². The molecule has 0 aliphatic rings. The van der Waals surface area contributed by atoms with Gasteiger partial charge in [-0.1, -0.05) is 18.2 Å². The molecule has 0 radical (unpaired) electrons. The molecule has 0 saturated heterocycles. The first kappa shape index (κ1) is 14.8. The summed E-state index contributed by atoms with van der Waals surface area (Å²) in [5.41, 5.74) is 0. The van der Waals surface area contributed by atoms with Crippen LogP contribution in [0.15, 0.2) is 24.3 Å². The van der Waals surface area contributed by atoms with Crippen molar-refractivity contribution in [2.75, 3.05) is 0 Å². The number of hydrogen-bond acceptors (Lipinski definition) is 3. The lowest BCUT2D eigenvalue weighted by molar-refractivity contribution is -0.134. The highest BCUT2D eigenvalue weighted by Gasteiger charge is 1.94. The molecule has 0 amide bonds. The number of carboxylic acid groups (broad SMARTS) is 1. The number of ketones is 2. The Morgan fingerprint density at radius 2 is 1.43 bits per heavy atom. The second-order valence-corrected chi connectivity index (χ2v) is 2.34. The summed E-state index contributed by atoms with van der Waals surface area (Å²) >= 11 is 0. The third-order valence-electron chi connectivity index (χ3n) is 1.04. The van der Waals surface area contributed by atoms with Crippen LogP contribution in [0, 0.1) is 0 Å². The van der Waals surface area contributed by atoms with E-state index in [-0.39, 0.29) is 11.6 Å². The summed E-state index contributed by atoms with van der Waals surface area (Å²) in [7, 11) is 0. The molecule has 1 N–H and O–H groups in total. The lowest BCUT2D eigenvalue weighted by atomic mass is 10.3. The Morgan fingerprint density at radius 3 is 1.64 bits per heavy atom. The normalized spacial score (nSPS) is 9.64. The molecule has 0 spiro atoms. The number of Topliss-reactive ketones (excluding diaryl/α,β-unsaturated/α-hetero) is 2. The van der Waals surface area contributed by atoms with Crippen molar-refractivity contribution in [1.29, 1.82) is 0 Å². The second-order valence-electron chi connectivity index (χ2n) is 2.34. The maximum atomic E-state index is 9.79. The number of allylic oxidation sites excluding steroid dienone is 3. The molecule has 0 fully saturated rings. The molecule has 78 valence electrons. The van der Waals surface area contributed by atoms with E-state index in [1.165, 1.54) is 19.9 Å². The van der Waals surface area contributed by atoms with Crippen LogP contribution >= 0.6 is 0 Å². The van der Waals surface area contributed by atoms with Crippen molar-refractivity contribution in [2.45, 2.75) is 20.8 Å². The van der Waals surface area contributed by atoms with Gasteiger partial charge in [-0.15, -0.1) is 0 Å². The molecule has 0 saturated carbocycles. The highest BCUT2D eigenvalue weighted by atomic mass is 16.4. The number of hydrogen-bond donors (Lipinski definition) is 1. The Labute approximate surface area is 82.9 Å². The molecule has 0 aliphatic carbocycles. The van der Waals surface area contributed by atoms with Crippen molar-refractivity contribution in [3.05, 3.63) is 24.3 Å². The first-order valence-corrected chi connectivity index (χ1v) is 3.95. The lowest BCUT2D eigenvalue weighted by Gasteiger charge is -1.73. The van der Waals surface area contributed by atoms with Crippen LogP contribution in [0.25, 0.3) is 0 Å². The summed E-state index contributed by atoms with van der Waals surface area (Å²) < 4.78 is 0. The van der Waals surface area contributed by atoms with Crippen LogP contribution in [0.5, 0.6) is 0 Å². The van der Waals surface area contributed by atoms with Crippen molar-refractivity contribution in [3.63, 3.8) is 0 Å². The third-order valence-corrected chi connectivity index (χ3v) is 1.04. The van der Waals surface area contributed by atoms with Gasteiger partial charge in [-0.3, -0.25) is 9.59 Å². The Morgan fingerprint density at radius 1 is 1.00 bits per heavy atom. The van der Waals surface area contributed by atoms with Crippen LogP contribution in [0.4, 0.5) is 0 Å². The van der Waals surface area contributed by atoms with Gasteiger partial charge in [0.05, 0.1) is 0 Å². The first-order chi connectivity index (χ1) is 6.41. The Bertz CT molecular complexity index is 249. The second kappa shape index (κ2) is 9.38. The summed E-state index contributed by atoms with van der Waals surface area (Å²) in [5, 5.41) is 8.02. The van der Waals surface area contributed by atoms with Gasteiger partial charge in [0.25, 0.3) is 0 Å². The van der Waals surface area contributed by atoms with Crippen molar-refractivity contribution < 1.29 is 19.5 Å². The van der Waals surface area contributed by atoms with Crippen LogP contribution in [0.2, 0.25) is 0 Å². The van der Waals surface area contributed by atoms with E-state index in [4.69, 9.17) is 5.11 Å². The van der Waals surface area contributed by atoms with E-state index in [0.29, 0.717) is 0 Å². The van der Waals surface area contributed by atoms with Gasteiger partial charge >= 0.3 is 5.97 Å². The molecule has 0 heterocycles. The van der Waals surface area contributed by atoms with Gasteiger partial charge in [0.2, 0.25) is 0 Å². The minimum absolute atomic E-state index is 0.380. The average Bonchev–Trinajstić information content (AvgIpc) is 2.05. The summed E-state index contributed by atoms with van der Waals surface area (Å²) in [6.07, 6.45) is 5.98. The van der Waals surface area contributed by atoms with E-state index in [9.17, 15) is 14.4 Å². The highest BCUT2D eigenvalue weighted by Crippen LogP contribution is 1.74. The van der Waals surface area contributed by atoms with Gasteiger partial charge in [0.15, 0.2) is 11.6 Å². The largest absolute Gasteiger partial charge is 0.478 e. The van der Waals surface area contributed by atoms with Gasteiger partial charge in [-0.25, -0.2) is 4.79 Å². The zero-order valence-electron chi connectivity index (χ0n) is 8.48. The van der Waals surface area contributed by atoms with Crippen LogP contribution in [-0.2, 0) is 14.4 Å². The van der Waals surface area contributed by atoms with Crippen LogP contribution in [-0.4, -0.2) is 22.6 Å².